The number of nitrogens with one attached hydrogen (secondary N) is 1. The number of carbonyl (C=O) groups is 1. The van der Waals surface area contributed by atoms with Crippen LogP contribution in [0.15, 0.2) is 42.5 Å². The predicted molar refractivity (Wildman–Crippen MR) is 117 cm³/mol. The molecule has 0 aromatic heterocycles. The SMILES string of the molecule is C[C@@H](NC(=O)CCCN(c1ccc(F)cc1)S(C)(=O)=O)c1ccc2c(c1)CCCC2. The van der Waals surface area contributed by atoms with Gasteiger partial charge in [-0.25, -0.2) is 12.8 Å². The van der Waals surface area contributed by atoms with Crippen LogP contribution < -0.4 is 9.62 Å². The van der Waals surface area contributed by atoms with E-state index in [2.05, 4.69) is 23.5 Å². The summed E-state index contributed by atoms with van der Waals surface area (Å²) in [4.78, 5) is 12.4. The second-order valence-corrected chi connectivity index (χ2v) is 9.85. The molecule has 30 heavy (non-hydrogen) atoms. The minimum absolute atomic E-state index is 0.104. The molecule has 0 unspecified atom stereocenters. The van der Waals surface area contributed by atoms with Gasteiger partial charge in [-0.2, -0.15) is 0 Å². The van der Waals surface area contributed by atoms with Gasteiger partial charge in [0, 0.05) is 13.0 Å². The number of nitrogens with zero attached hydrogens (tertiary/aromatic N) is 1. The maximum Gasteiger partial charge on any atom is 0.232 e. The van der Waals surface area contributed by atoms with Crippen molar-refractivity contribution < 1.29 is 17.6 Å². The van der Waals surface area contributed by atoms with E-state index in [1.807, 2.05) is 6.92 Å². The second-order valence-electron chi connectivity index (χ2n) is 7.94. The number of hydrogen-bond donors (Lipinski definition) is 1. The Morgan fingerprint density at radius 3 is 2.43 bits per heavy atom. The van der Waals surface area contributed by atoms with Crippen molar-refractivity contribution in [1.82, 2.24) is 5.32 Å². The van der Waals surface area contributed by atoms with Crippen molar-refractivity contribution in [3.63, 3.8) is 0 Å². The van der Waals surface area contributed by atoms with Crippen LogP contribution in [-0.2, 0) is 27.7 Å². The van der Waals surface area contributed by atoms with Gasteiger partial charge in [0.05, 0.1) is 18.0 Å². The molecule has 0 heterocycles. The Hall–Kier alpha value is -2.41. The van der Waals surface area contributed by atoms with Crippen LogP contribution in [0.2, 0.25) is 0 Å². The molecule has 1 atom stereocenters. The molecule has 0 aliphatic heterocycles. The van der Waals surface area contributed by atoms with E-state index in [1.165, 1.54) is 52.5 Å². The van der Waals surface area contributed by atoms with Gasteiger partial charge in [0.15, 0.2) is 0 Å². The molecule has 0 saturated heterocycles. The largest absolute Gasteiger partial charge is 0.350 e. The maximum atomic E-state index is 13.1. The average molecular weight is 433 g/mol. The van der Waals surface area contributed by atoms with Crippen molar-refractivity contribution in [1.29, 1.82) is 0 Å². The van der Waals surface area contributed by atoms with Crippen LogP contribution in [0.25, 0.3) is 0 Å². The average Bonchev–Trinajstić information content (AvgIpc) is 2.71. The van der Waals surface area contributed by atoms with Crippen LogP contribution in [0.5, 0.6) is 0 Å². The number of fused-ring (bicyclic) bond motifs is 1. The van der Waals surface area contributed by atoms with Crippen molar-refractivity contribution >= 4 is 21.6 Å². The zero-order valence-electron chi connectivity index (χ0n) is 17.5. The minimum Gasteiger partial charge on any atom is -0.350 e. The number of carbonyl (C=O) groups excluding carboxylic acids is 1. The van der Waals surface area contributed by atoms with Gasteiger partial charge < -0.3 is 5.32 Å². The van der Waals surface area contributed by atoms with E-state index in [-0.39, 0.29) is 24.9 Å². The van der Waals surface area contributed by atoms with E-state index in [0.717, 1.165) is 24.7 Å². The lowest BCUT2D eigenvalue weighted by Crippen LogP contribution is -2.32. The van der Waals surface area contributed by atoms with Gasteiger partial charge in [0.25, 0.3) is 0 Å². The first-order valence-electron chi connectivity index (χ1n) is 10.4. The minimum atomic E-state index is -3.52. The van der Waals surface area contributed by atoms with Gasteiger partial charge in [-0.1, -0.05) is 18.2 Å². The van der Waals surface area contributed by atoms with E-state index >= 15 is 0 Å². The molecule has 0 spiro atoms. The van der Waals surface area contributed by atoms with Crippen molar-refractivity contribution in [2.24, 2.45) is 0 Å². The Balaban J connectivity index is 1.55. The molecule has 1 aliphatic rings. The summed E-state index contributed by atoms with van der Waals surface area (Å²) in [5, 5.41) is 3.01. The van der Waals surface area contributed by atoms with Crippen LogP contribution >= 0.6 is 0 Å². The lowest BCUT2D eigenvalue weighted by Gasteiger charge is -2.23. The van der Waals surface area contributed by atoms with Crippen LogP contribution in [0.1, 0.15) is 55.3 Å². The summed E-state index contributed by atoms with van der Waals surface area (Å²) in [6.07, 6.45) is 6.35. The smallest absolute Gasteiger partial charge is 0.232 e. The molecule has 1 amide bonds. The van der Waals surface area contributed by atoms with Crippen LogP contribution in [-0.4, -0.2) is 27.1 Å². The Bertz CT molecular complexity index is 990. The first-order chi connectivity index (χ1) is 14.2. The summed E-state index contributed by atoms with van der Waals surface area (Å²) in [5.41, 5.74) is 4.27. The van der Waals surface area contributed by atoms with Gasteiger partial charge in [0.2, 0.25) is 15.9 Å². The molecule has 5 nitrogen and oxygen atoms in total. The summed E-state index contributed by atoms with van der Waals surface area (Å²) in [7, 11) is -3.52. The highest BCUT2D eigenvalue weighted by molar-refractivity contribution is 7.92. The third-order valence-corrected chi connectivity index (χ3v) is 6.72. The van der Waals surface area contributed by atoms with Gasteiger partial charge in [-0.05, 0) is 80.0 Å². The van der Waals surface area contributed by atoms with Gasteiger partial charge >= 0.3 is 0 Å². The number of amides is 1. The lowest BCUT2D eigenvalue weighted by atomic mass is 9.89. The molecule has 1 N–H and O–H groups in total. The zero-order valence-corrected chi connectivity index (χ0v) is 18.3. The Labute approximate surface area is 178 Å². The molecule has 0 fully saturated rings. The van der Waals surface area contributed by atoms with Crippen LogP contribution in [0.4, 0.5) is 10.1 Å². The lowest BCUT2D eigenvalue weighted by molar-refractivity contribution is -0.121. The van der Waals surface area contributed by atoms with Gasteiger partial charge in [-0.3, -0.25) is 9.10 Å². The van der Waals surface area contributed by atoms with Crippen LogP contribution in [0, 0.1) is 5.82 Å². The summed E-state index contributed by atoms with van der Waals surface area (Å²) in [6.45, 7) is 2.12. The van der Waals surface area contributed by atoms with E-state index in [0.29, 0.717) is 12.1 Å². The fourth-order valence-electron chi connectivity index (χ4n) is 3.90. The molecule has 1 aliphatic carbocycles. The fourth-order valence-corrected chi connectivity index (χ4v) is 4.86. The first-order valence-corrected chi connectivity index (χ1v) is 12.2. The Kier molecular flexibility index (Phi) is 7.13. The van der Waals surface area contributed by atoms with Crippen molar-refractivity contribution in [2.75, 3.05) is 17.1 Å². The normalized spacial score (nSPS) is 14.6. The van der Waals surface area contributed by atoms with E-state index in [4.69, 9.17) is 0 Å². The third-order valence-electron chi connectivity index (χ3n) is 5.53. The molecule has 2 aromatic carbocycles. The quantitative estimate of drug-likeness (QED) is 0.682. The number of sulfonamides is 1. The second kappa shape index (κ2) is 9.60. The van der Waals surface area contributed by atoms with Crippen molar-refractivity contribution in [2.45, 2.75) is 51.5 Å². The number of benzene rings is 2. The monoisotopic (exact) mass is 432 g/mol. The number of rotatable bonds is 8. The predicted octanol–water partition coefficient (Wildman–Crippen LogP) is 4.13. The molecule has 0 saturated carbocycles. The van der Waals surface area contributed by atoms with Gasteiger partial charge in [0.1, 0.15) is 5.82 Å². The molecular weight excluding hydrogens is 403 g/mol. The number of hydrogen-bond acceptors (Lipinski definition) is 3. The Morgan fingerprint density at radius 2 is 1.77 bits per heavy atom. The molecule has 3 rings (SSSR count). The molecule has 0 bridgehead atoms. The van der Waals surface area contributed by atoms with E-state index in [1.54, 1.807) is 0 Å². The highest BCUT2D eigenvalue weighted by atomic mass is 32.2. The number of anilines is 1. The summed E-state index contributed by atoms with van der Waals surface area (Å²) in [6, 6.07) is 11.6. The van der Waals surface area contributed by atoms with Crippen molar-refractivity contribution in [3.8, 4) is 0 Å². The van der Waals surface area contributed by atoms with Gasteiger partial charge in [-0.15, -0.1) is 0 Å². The van der Waals surface area contributed by atoms with Crippen LogP contribution in [0.3, 0.4) is 0 Å². The van der Waals surface area contributed by atoms with Crippen molar-refractivity contribution in [3.05, 3.63) is 65.0 Å². The standard InChI is InChI=1S/C23H29FN2O3S/c1-17(19-10-9-18-6-3-4-7-20(18)16-19)25-23(27)8-5-15-26(30(2,28)29)22-13-11-21(24)12-14-22/h9-14,16-17H,3-8,15H2,1-2H3,(H,25,27)/t17-/m1/s1. The molecule has 162 valence electrons. The molecule has 7 heteroatoms. The number of aryl methyl sites for hydroxylation is 2. The highest BCUT2D eigenvalue weighted by Gasteiger charge is 2.18. The summed E-state index contributed by atoms with van der Waals surface area (Å²) >= 11 is 0. The maximum absolute atomic E-state index is 13.1. The summed E-state index contributed by atoms with van der Waals surface area (Å²) in [5.74, 6) is -0.546. The van der Waals surface area contributed by atoms with E-state index < -0.39 is 15.8 Å². The highest BCUT2D eigenvalue weighted by Crippen LogP contribution is 2.25. The molecule has 2 aromatic rings. The Morgan fingerprint density at radius 1 is 1.10 bits per heavy atom. The molecular formula is C23H29FN2O3S. The molecule has 0 radical (unpaired) electrons. The first kappa shape index (κ1) is 22.3. The summed E-state index contributed by atoms with van der Waals surface area (Å²) < 4.78 is 38.5. The van der Waals surface area contributed by atoms with E-state index in [9.17, 15) is 17.6 Å². The zero-order chi connectivity index (χ0) is 21.7. The third kappa shape index (κ3) is 5.81. The topological polar surface area (TPSA) is 66.5 Å². The fraction of sp³-hybridized carbons (Fsp3) is 0.435. The number of halogens is 1.